The highest BCUT2D eigenvalue weighted by Gasteiger charge is 2.33. The van der Waals surface area contributed by atoms with Crippen molar-refractivity contribution in [2.45, 2.75) is 12.7 Å². The maximum absolute atomic E-state index is 12.9. The van der Waals surface area contributed by atoms with Gasteiger partial charge in [-0.15, -0.1) is 0 Å². The summed E-state index contributed by atoms with van der Waals surface area (Å²) in [4.78, 5) is 32.1. The molecule has 0 saturated carbocycles. The Balaban J connectivity index is 1.93. The Bertz CT molecular complexity index is 1020. The number of nitrogens with zero attached hydrogens (tertiary/aromatic N) is 2. The topological polar surface area (TPSA) is 95.6 Å². The number of rotatable bonds is 3. The zero-order chi connectivity index (χ0) is 17.5. The number of fused-ring (bicyclic) bond motifs is 1. The second-order valence-electron chi connectivity index (χ2n) is 5.10. The molecule has 0 aliphatic rings. The molecule has 0 fully saturated rings. The molecule has 0 saturated heterocycles. The van der Waals surface area contributed by atoms with Crippen molar-refractivity contribution in [3.05, 3.63) is 56.5 Å². The summed E-state index contributed by atoms with van der Waals surface area (Å²) in [5.74, 6) is 0.230. The summed E-state index contributed by atoms with van der Waals surface area (Å²) >= 11 is 0. The molecule has 0 atom stereocenters. The highest BCUT2D eigenvalue weighted by atomic mass is 19.4. The lowest BCUT2D eigenvalue weighted by molar-refractivity contribution is -0.137. The van der Waals surface area contributed by atoms with Crippen molar-refractivity contribution in [3.8, 4) is 0 Å². The minimum Gasteiger partial charge on any atom is -0.377 e. The number of nitrogens with one attached hydrogen (secondary N) is 3. The normalized spacial score (nSPS) is 11.8. The first kappa shape index (κ1) is 15.8. The fraction of sp³-hybridized carbons (Fsp3) is 0.214. The Morgan fingerprint density at radius 3 is 2.62 bits per heavy atom. The van der Waals surface area contributed by atoms with E-state index in [1.807, 2.05) is 0 Å². The van der Waals surface area contributed by atoms with E-state index >= 15 is 0 Å². The molecule has 0 spiro atoms. The summed E-state index contributed by atoms with van der Waals surface area (Å²) in [6, 6.07) is 5.04. The zero-order valence-corrected chi connectivity index (χ0v) is 12.4. The van der Waals surface area contributed by atoms with Gasteiger partial charge in [0.15, 0.2) is 5.65 Å². The third-order valence-corrected chi connectivity index (χ3v) is 3.48. The summed E-state index contributed by atoms with van der Waals surface area (Å²) in [5, 5.41) is 2.64. The molecule has 0 aliphatic carbocycles. The van der Waals surface area contributed by atoms with Crippen LogP contribution in [0.4, 0.5) is 18.9 Å². The maximum atomic E-state index is 12.9. The van der Waals surface area contributed by atoms with E-state index in [1.165, 1.54) is 25.2 Å². The molecule has 1 aromatic carbocycles. The van der Waals surface area contributed by atoms with Crippen molar-refractivity contribution in [1.82, 2.24) is 19.5 Å². The number of aromatic nitrogens is 4. The highest BCUT2D eigenvalue weighted by molar-refractivity contribution is 5.69. The molecule has 0 radical (unpaired) electrons. The van der Waals surface area contributed by atoms with Gasteiger partial charge in [-0.3, -0.25) is 14.3 Å². The van der Waals surface area contributed by atoms with E-state index < -0.39 is 23.0 Å². The smallest absolute Gasteiger partial charge is 0.377 e. The average Bonchev–Trinajstić information content (AvgIpc) is 2.95. The summed E-state index contributed by atoms with van der Waals surface area (Å²) in [6.07, 6.45) is -4.49. The van der Waals surface area contributed by atoms with Crippen LogP contribution in [0.1, 0.15) is 11.4 Å². The third kappa shape index (κ3) is 2.77. The Morgan fingerprint density at radius 2 is 1.92 bits per heavy atom. The molecule has 0 aliphatic heterocycles. The van der Waals surface area contributed by atoms with Crippen LogP contribution in [0.3, 0.4) is 0 Å². The van der Waals surface area contributed by atoms with Crippen molar-refractivity contribution in [1.29, 1.82) is 0 Å². The molecule has 3 rings (SSSR count). The van der Waals surface area contributed by atoms with E-state index in [9.17, 15) is 22.8 Å². The predicted octanol–water partition coefficient (Wildman–Crippen LogP) is 1.58. The molecule has 0 amide bonds. The van der Waals surface area contributed by atoms with Gasteiger partial charge in [0.1, 0.15) is 11.3 Å². The fourth-order valence-electron chi connectivity index (χ4n) is 2.30. The van der Waals surface area contributed by atoms with Crippen LogP contribution in [0.25, 0.3) is 11.2 Å². The van der Waals surface area contributed by atoms with Gasteiger partial charge < -0.3 is 10.3 Å². The Kier molecular flexibility index (Phi) is 3.66. The SMILES string of the molecule is Cn1c(=O)[nH]c(=O)c2[nH]c(CNc3ccccc3C(F)(F)F)nc21. The Hall–Kier alpha value is -3.04. The molecule has 3 aromatic rings. The van der Waals surface area contributed by atoms with Crippen molar-refractivity contribution < 1.29 is 13.2 Å². The molecule has 24 heavy (non-hydrogen) atoms. The second kappa shape index (κ2) is 5.55. The molecular weight excluding hydrogens is 327 g/mol. The lowest BCUT2D eigenvalue weighted by Gasteiger charge is -2.13. The number of imidazole rings is 1. The molecule has 0 unspecified atom stereocenters. The minimum atomic E-state index is -4.49. The summed E-state index contributed by atoms with van der Waals surface area (Å²) in [7, 11) is 1.43. The van der Waals surface area contributed by atoms with Crippen LogP contribution < -0.4 is 16.6 Å². The molecule has 3 N–H and O–H groups in total. The van der Waals surface area contributed by atoms with E-state index in [0.717, 1.165) is 10.6 Å². The van der Waals surface area contributed by atoms with E-state index in [4.69, 9.17) is 0 Å². The first-order valence-corrected chi connectivity index (χ1v) is 6.85. The van der Waals surface area contributed by atoms with Crippen molar-refractivity contribution in [2.75, 3.05) is 5.32 Å². The Morgan fingerprint density at radius 1 is 1.21 bits per heavy atom. The lowest BCUT2D eigenvalue weighted by atomic mass is 10.1. The predicted molar refractivity (Wildman–Crippen MR) is 80.7 cm³/mol. The molecule has 0 bridgehead atoms. The summed E-state index contributed by atoms with van der Waals surface area (Å²) in [6.45, 7) is -0.0740. The Labute approximate surface area is 132 Å². The number of benzene rings is 1. The van der Waals surface area contributed by atoms with Gasteiger partial charge in [0.25, 0.3) is 5.56 Å². The highest BCUT2D eigenvalue weighted by Crippen LogP contribution is 2.34. The third-order valence-electron chi connectivity index (χ3n) is 3.48. The van der Waals surface area contributed by atoms with Crippen LogP contribution in [-0.2, 0) is 19.8 Å². The van der Waals surface area contributed by atoms with Gasteiger partial charge in [0.2, 0.25) is 0 Å². The zero-order valence-electron chi connectivity index (χ0n) is 12.4. The summed E-state index contributed by atoms with van der Waals surface area (Å²) in [5.41, 5.74) is -1.95. The van der Waals surface area contributed by atoms with Crippen LogP contribution in [0.5, 0.6) is 0 Å². The van der Waals surface area contributed by atoms with Crippen molar-refractivity contribution in [2.24, 2.45) is 7.05 Å². The van der Waals surface area contributed by atoms with Crippen LogP contribution in [0, 0.1) is 0 Å². The number of para-hydroxylation sites is 1. The minimum absolute atomic E-state index is 0.0740. The van der Waals surface area contributed by atoms with Gasteiger partial charge in [-0.1, -0.05) is 12.1 Å². The number of H-pyrrole nitrogens is 2. The van der Waals surface area contributed by atoms with Crippen molar-refractivity contribution >= 4 is 16.9 Å². The van der Waals surface area contributed by atoms with E-state index in [-0.39, 0.29) is 29.2 Å². The number of alkyl halides is 3. The number of anilines is 1. The molecule has 2 aromatic heterocycles. The first-order valence-electron chi connectivity index (χ1n) is 6.85. The van der Waals surface area contributed by atoms with Gasteiger partial charge in [-0.05, 0) is 12.1 Å². The fourth-order valence-corrected chi connectivity index (χ4v) is 2.30. The van der Waals surface area contributed by atoms with Crippen molar-refractivity contribution in [3.63, 3.8) is 0 Å². The van der Waals surface area contributed by atoms with Crippen LogP contribution in [-0.4, -0.2) is 19.5 Å². The number of halogens is 3. The molecule has 10 heteroatoms. The monoisotopic (exact) mass is 339 g/mol. The molecule has 7 nitrogen and oxygen atoms in total. The van der Waals surface area contributed by atoms with Gasteiger partial charge in [0.05, 0.1) is 12.1 Å². The molecule has 126 valence electrons. The number of aryl methyl sites for hydroxylation is 1. The van der Waals surface area contributed by atoms with E-state index in [1.54, 1.807) is 0 Å². The molecule has 2 heterocycles. The number of hydrogen-bond donors (Lipinski definition) is 3. The second-order valence-corrected chi connectivity index (χ2v) is 5.10. The average molecular weight is 339 g/mol. The standard InChI is InChI=1S/C14H12F3N5O2/c1-22-11-10(12(23)21-13(22)24)19-9(20-11)6-18-8-5-3-2-4-7(8)14(15,16)17/h2-5,18H,6H2,1H3,(H,19,20)(H,21,23,24). The van der Waals surface area contributed by atoms with Crippen LogP contribution >= 0.6 is 0 Å². The summed E-state index contributed by atoms with van der Waals surface area (Å²) < 4.78 is 40.0. The van der Waals surface area contributed by atoms with Crippen LogP contribution in [0.2, 0.25) is 0 Å². The quantitative estimate of drug-likeness (QED) is 0.675. The van der Waals surface area contributed by atoms with Gasteiger partial charge in [-0.25, -0.2) is 9.78 Å². The van der Waals surface area contributed by atoms with Gasteiger partial charge in [0, 0.05) is 12.7 Å². The maximum Gasteiger partial charge on any atom is 0.418 e. The molecular formula is C14H12F3N5O2. The van der Waals surface area contributed by atoms with Gasteiger partial charge in [-0.2, -0.15) is 13.2 Å². The van der Waals surface area contributed by atoms with Gasteiger partial charge >= 0.3 is 11.9 Å². The van der Waals surface area contributed by atoms with E-state index in [0.29, 0.717) is 0 Å². The van der Waals surface area contributed by atoms with Crippen LogP contribution in [0.15, 0.2) is 33.9 Å². The lowest BCUT2D eigenvalue weighted by Crippen LogP contribution is -2.28. The van der Waals surface area contributed by atoms with E-state index in [2.05, 4.69) is 20.3 Å². The largest absolute Gasteiger partial charge is 0.418 e. The first-order chi connectivity index (χ1) is 11.3. The number of hydrogen-bond acceptors (Lipinski definition) is 4. The number of aromatic amines is 2.